The number of ketones is 2. The van der Waals surface area contributed by atoms with E-state index in [4.69, 9.17) is 0 Å². The first-order valence-corrected chi connectivity index (χ1v) is 7.52. The number of aliphatic carboxylic acids is 1. The van der Waals surface area contributed by atoms with Gasteiger partial charge in [-0.2, -0.15) is 0 Å². The third-order valence-corrected chi connectivity index (χ3v) is 3.75. The normalized spacial score (nSPS) is 16.6. The van der Waals surface area contributed by atoms with Crippen LogP contribution in [0.1, 0.15) is 34.1 Å². The number of ether oxygens (including phenoxy) is 1. The number of rotatable bonds is 7. The molecule has 0 bridgehead atoms. The Labute approximate surface area is 145 Å². The number of Topliss-reactive ketones (excluding diaryl/α,β-unsaturated/α-hetero) is 1. The Morgan fingerprint density at radius 2 is 1.76 bits per heavy atom. The van der Waals surface area contributed by atoms with Crippen molar-refractivity contribution in [3.63, 3.8) is 0 Å². The lowest BCUT2D eigenvalue weighted by Gasteiger charge is -2.19. The third-order valence-electron chi connectivity index (χ3n) is 3.75. The standard InChI is InChI=1S/C18H20O7/c1-6-14(20)10(9(2)19)7-11-12(17(24)25-16(11)23)8-13(15(21)22)18(3,4)5/h6,8,10H,1,7H2,2-5H3,(H,21,22). The van der Waals surface area contributed by atoms with Crippen molar-refractivity contribution in [3.8, 4) is 0 Å². The molecule has 1 rings (SSSR count). The lowest BCUT2D eigenvalue weighted by Crippen LogP contribution is -2.22. The van der Waals surface area contributed by atoms with E-state index in [9.17, 15) is 29.1 Å². The second kappa shape index (κ2) is 7.38. The molecule has 25 heavy (non-hydrogen) atoms. The molecule has 0 saturated heterocycles. The highest BCUT2D eigenvalue weighted by atomic mass is 16.6. The molecule has 1 aliphatic rings. The summed E-state index contributed by atoms with van der Waals surface area (Å²) in [7, 11) is 0. The summed E-state index contributed by atoms with van der Waals surface area (Å²) in [5.41, 5.74) is -1.36. The number of carboxylic acid groups (broad SMARTS) is 1. The van der Waals surface area contributed by atoms with Crippen LogP contribution >= 0.6 is 0 Å². The first-order chi connectivity index (χ1) is 11.4. The minimum atomic E-state index is -1.25. The van der Waals surface area contributed by atoms with Crippen LogP contribution in [-0.4, -0.2) is 34.6 Å². The van der Waals surface area contributed by atoms with Gasteiger partial charge in [-0.3, -0.25) is 9.59 Å². The molecule has 0 aliphatic carbocycles. The van der Waals surface area contributed by atoms with Crippen molar-refractivity contribution in [1.82, 2.24) is 0 Å². The smallest absolute Gasteiger partial charge is 0.346 e. The molecule has 0 amide bonds. The summed E-state index contributed by atoms with van der Waals surface area (Å²) < 4.78 is 4.54. The van der Waals surface area contributed by atoms with E-state index in [1.165, 1.54) is 6.92 Å². The second-order valence-corrected chi connectivity index (χ2v) is 6.66. The van der Waals surface area contributed by atoms with Crippen molar-refractivity contribution in [3.05, 3.63) is 35.5 Å². The van der Waals surface area contributed by atoms with E-state index in [2.05, 4.69) is 11.3 Å². The highest BCUT2D eigenvalue weighted by Crippen LogP contribution is 2.31. The SMILES string of the molecule is C=CC(=O)C(CC1=C(C=C(C(=O)O)C(C)(C)C)C(=O)OC1=O)C(C)=O. The van der Waals surface area contributed by atoms with Crippen molar-refractivity contribution in [2.75, 3.05) is 0 Å². The summed E-state index contributed by atoms with van der Waals surface area (Å²) in [6, 6.07) is 0. The highest BCUT2D eigenvalue weighted by molar-refractivity contribution is 6.16. The van der Waals surface area contributed by atoms with Gasteiger partial charge in [0.05, 0.1) is 17.1 Å². The molecule has 1 atom stereocenters. The summed E-state index contributed by atoms with van der Waals surface area (Å²) >= 11 is 0. The Balaban J connectivity index is 3.49. The predicted molar refractivity (Wildman–Crippen MR) is 87.3 cm³/mol. The summed E-state index contributed by atoms with van der Waals surface area (Å²) in [5.74, 6) is -5.52. The molecule has 7 heteroatoms. The number of allylic oxidation sites excluding steroid dienone is 1. The van der Waals surface area contributed by atoms with Crippen LogP contribution in [0.3, 0.4) is 0 Å². The topological polar surface area (TPSA) is 115 Å². The minimum absolute atomic E-state index is 0.110. The van der Waals surface area contributed by atoms with Crippen LogP contribution in [0.2, 0.25) is 0 Å². The fourth-order valence-electron chi connectivity index (χ4n) is 2.31. The molecule has 0 radical (unpaired) electrons. The van der Waals surface area contributed by atoms with E-state index >= 15 is 0 Å². The summed E-state index contributed by atoms with van der Waals surface area (Å²) in [6.45, 7) is 9.39. The molecule has 1 unspecified atom stereocenters. The molecule has 0 aromatic carbocycles. The van der Waals surface area contributed by atoms with Crippen LogP contribution < -0.4 is 0 Å². The van der Waals surface area contributed by atoms with E-state index < -0.39 is 40.8 Å². The molecule has 7 nitrogen and oxygen atoms in total. The molecule has 134 valence electrons. The first kappa shape index (κ1) is 20.2. The van der Waals surface area contributed by atoms with Gasteiger partial charge in [0, 0.05) is 5.57 Å². The van der Waals surface area contributed by atoms with Gasteiger partial charge in [-0.05, 0) is 30.9 Å². The summed E-state index contributed by atoms with van der Waals surface area (Å²) in [6.07, 6.45) is 1.68. The summed E-state index contributed by atoms with van der Waals surface area (Å²) in [4.78, 5) is 58.8. The van der Waals surface area contributed by atoms with Crippen LogP contribution in [0, 0.1) is 11.3 Å². The Kier molecular flexibility index (Phi) is 5.96. The van der Waals surface area contributed by atoms with E-state index in [-0.39, 0.29) is 23.1 Å². The van der Waals surface area contributed by atoms with Gasteiger partial charge >= 0.3 is 17.9 Å². The largest absolute Gasteiger partial charge is 0.478 e. The number of carbonyl (C=O) groups is 5. The van der Waals surface area contributed by atoms with Crippen molar-refractivity contribution in [2.45, 2.75) is 34.1 Å². The average Bonchev–Trinajstić information content (AvgIpc) is 2.73. The fourth-order valence-corrected chi connectivity index (χ4v) is 2.31. The van der Waals surface area contributed by atoms with Crippen LogP contribution in [-0.2, 0) is 28.7 Å². The van der Waals surface area contributed by atoms with Gasteiger partial charge in [0.2, 0.25) is 0 Å². The van der Waals surface area contributed by atoms with Crippen molar-refractivity contribution in [2.24, 2.45) is 11.3 Å². The molecule has 1 N–H and O–H groups in total. The van der Waals surface area contributed by atoms with Crippen molar-refractivity contribution < 1.29 is 33.8 Å². The zero-order chi connectivity index (χ0) is 19.5. The Morgan fingerprint density at radius 1 is 1.20 bits per heavy atom. The second-order valence-electron chi connectivity index (χ2n) is 6.66. The number of esters is 2. The van der Waals surface area contributed by atoms with Crippen molar-refractivity contribution >= 4 is 29.5 Å². The van der Waals surface area contributed by atoms with E-state index in [0.717, 1.165) is 12.2 Å². The molecular formula is C18H20O7. The maximum absolute atomic E-state index is 11.9. The van der Waals surface area contributed by atoms with Crippen LogP contribution in [0.5, 0.6) is 0 Å². The maximum Gasteiger partial charge on any atom is 0.346 e. The van der Waals surface area contributed by atoms with Gasteiger partial charge in [0.1, 0.15) is 5.78 Å². The fraction of sp³-hybridized carbons (Fsp3) is 0.389. The Hall–Kier alpha value is -2.83. The molecule has 0 aromatic heterocycles. The van der Waals surface area contributed by atoms with E-state index in [1.807, 2.05) is 0 Å². The molecule has 1 heterocycles. The van der Waals surface area contributed by atoms with Gasteiger partial charge in [0.15, 0.2) is 5.78 Å². The highest BCUT2D eigenvalue weighted by Gasteiger charge is 2.37. The molecule has 0 spiro atoms. The summed E-state index contributed by atoms with van der Waals surface area (Å²) in [5, 5.41) is 9.35. The van der Waals surface area contributed by atoms with E-state index in [1.54, 1.807) is 20.8 Å². The zero-order valence-corrected chi connectivity index (χ0v) is 14.5. The Morgan fingerprint density at radius 3 is 2.16 bits per heavy atom. The lowest BCUT2D eigenvalue weighted by molar-refractivity contribution is -0.151. The lowest BCUT2D eigenvalue weighted by atomic mass is 9.84. The molecule has 1 aliphatic heterocycles. The number of cyclic esters (lactones) is 2. The third kappa shape index (κ3) is 4.59. The van der Waals surface area contributed by atoms with E-state index in [0.29, 0.717) is 0 Å². The number of hydrogen-bond acceptors (Lipinski definition) is 6. The van der Waals surface area contributed by atoms with Gasteiger partial charge < -0.3 is 9.84 Å². The molecule has 0 saturated carbocycles. The average molecular weight is 348 g/mol. The van der Waals surface area contributed by atoms with Crippen molar-refractivity contribution in [1.29, 1.82) is 0 Å². The number of carbonyl (C=O) groups excluding carboxylic acids is 4. The zero-order valence-electron chi connectivity index (χ0n) is 14.5. The molecule has 0 aromatic rings. The first-order valence-electron chi connectivity index (χ1n) is 7.52. The van der Waals surface area contributed by atoms with Gasteiger partial charge in [0.25, 0.3) is 0 Å². The Bertz CT molecular complexity index is 729. The van der Waals surface area contributed by atoms with Crippen LogP contribution in [0.25, 0.3) is 0 Å². The van der Waals surface area contributed by atoms with Gasteiger partial charge in [-0.1, -0.05) is 27.4 Å². The van der Waals surface area contributed by atoms with Crippen LogP contribution in [0.4, 0.5) is 0 Å². The molecular weight excluding hydrogens is 328 g/mol. The monoisotopic (exact) mass is 348 g/mol. The van der Waals surface area contributed by atoms with Crippen LogP contribution in [0.15, 0.2) is 35.5 Å². The number of hydrogen-bond donors (Lipinski definition) is 1. The van der Waals surface area contributed by atoms with Gasteiger partial charge in [-0.25, -0.2) is 14.4 Å². The number of carboxylic acids is 1. The minimum Gasteiger partial charge on any atom is -0.478 e. The molecule has 0 fully saturated rings. The quantitative estimate of drug-likeness (QED) is 0.423. The van der Waals surface area contributed by atoms with Gasteiger partial charge in [-0.15, -0.1) is 0 Å². The predicted octanol–water partition coefficient (Wildman–Crippen LogP) is 1.77. The maximum atomic E-state index is 11.9.